The van der Waals surface area contributed by atoms with Gasteiger partial charge >= 0.3 is 6.18 Å². The Bertz CT molecular complexity index is 1380. The van der Waals surface area contributed by atoms with Gasteiger partial charge < -0.3 is 21.1 Å². The molecule has 1 fully saturated rings. The Kier molecular flexibility index (Phi) is 5.83. The monoisotopic (exact) mass is 483 g/mol. The van der Waals surface area contributed by atoms with Crippen molar-refractivity contribution in [3.63, 3.8) is 0 Å². The second-order valence-corrected chi connectivity index (χ2v) is 7.87. The van der Waals surface area contributed by atoms with Crippen LogP contribution in [0, 0.1) is 0 Å². The highest BCUT2D eigenvalue weighted by Crippen LogP contribution is 2.32. The van der Waals surface area contributed by atoms with E-state index in [0.29, 0.717) is 41.6 Å². The fraction of sp³-hybridized carbons (Fsp3) is 0.217. The van der Waals surface area contributed by atoms with E-state index in [4.69, 9.17) is 15.5 Å². The lowest BCUT2D eigenvalue weighted by atomic mass is 10.1. The highest BCUT2D eigenvalue weighted by molar-refractivity contribution is 6.04. The van der Waals surface area contributed by atoms with Crippen molar-refractivity contribution >= 4 is 23.1 Å². The summed E-state index contributed by atoms with van der Waals surface area (Å²) in [4.78, 5) is 25.3. The number of amides is 1. The molecule has 0 aliphatic carbocycles. The highest BCUT2D eigenvalue weighted by atomic mass is 19.4. The summed E-state index contributed by atoms with van der Waals surface area (Å²) in [6.07, 6.45) is -0.460. The summed E-state index contributed by atoms with van der Waals surface area (Å²) in [6, 6.07) is 8.09. The molecule has 1 atom stereocenters. The number of pyridine rings is 1. The van der Waals surface area contributed by atoms with Gasteiger partial charge in [-0.05, 0) is 24.3 Å². The number of anilines is 2. The third-order valence-electron chi connectivity index (χ3n) is 5.58. The molecule has 180 valence electrons. The normalized spacial score (nSPS) is 16.4. The minimum absolute atomic E-state index is 0.196. The molecule has 1 aliphatic heterocycles. The van der Waals surface area contributed by atoms with E-state index >= 15 is 0 Å². The van der Waals surface area contributed by atoms with Crippen LogP contribution in [0.4, 0.5) is 24.8 Å². The molecule has 9 nitrogen and oxygen atoms in total. The summed E-state index contributed by atoms with van der Waals surface area (Å²) in [6.45, 7) is 1.92. The van der Waals surface area contributed by atoms with Crippen molar-refractivity contribution in [2.24, 2.45) is 0 Å². The van der Waals surface area contributed by atoms with Gasteiger partial charge in [-0.2, -0.15) is 13.2 Å². The van der Waals surface area contributed by atoms with Gasteiger partial charge in [-0.3, -0.25) is 9.20 Å². The molecule has 4 aromatic rings. The van der Waals surface area contributed by atoms with Crippen LogP contribution in [0.1, 0.15) is 27.8 Å². The number of benzene rings is 1. The number of hydrogen-bond donors (Lipinski definition) is 3. The molecule has 35 heavy (non-hydrogen) atoms. The first-order chi connectivity index (χ1) is 16.8. The molecular weight excluding hydrogens is 463 g/mol. The zero-order valence-electron chi connectivity index (χ0n) is 18.2. The van der Waals surface area contributed by atoms with Gasteiger partial charge in [0.15, 0.2) is 0 Å². The number of alkyl halides is 3. The fourth-order valence-corrected chi connectivity index (χ4v) is 3.89. The number of nitrogens with two attached hydrogens (primary N) is 1. The van der Waals surface area contributed by atoms with Crippen LogP contribution in [0.2, 0.25) is 0 Å². The van der Waals surface area contributed by atoms with Crippen molar-refractivity contribution in [2.45, 2.75) is 12.3 Å². The van der Waals surface area contributed by atoms with Crippen molar-refractivity contribution in [3.05, 3.63) is 71.9 Å². The summed E-state index contributed by atoms with van der Waals surface area (Å²) in [5, 5.41) is 5.67. The first-order valence-corrected chi connectivity index (χ1v) is 10.7. The van der Waals surface area contributed by atoms with Gasteiger partial charge in [0.2, 0.25) is 0 Å². The molecule has 0 bridgehead atoms. The largest absolute Gasteiger partial charge is 0.416 e. The molecule has 5 rings (SSSR count). The van der Waals surface area contributed by atoms with Crippen LogP contribution in [-0.2, 0) is 10.9 Å². The Balaban J connectivity index is 1.43. The van der Waals surface area contributed by atoms with Crippen LogP contribution >= 0.6 is 0 Å². The van der Waals surface area contributed by atoms with E-state index in [9.17, 15) is 18.0 Å². The predicted molar refractivity (Wildman–Crippen MR) is 122 cm³/mol. The van der Waals surface area contributed by atoms with E-state index < -0.39 is 17.6 Å². The molecule has 0 radical (unpaired) electrons. The number of hydrogen-bond acceptors (Lipinski definition) is 7. The molecule has 0 unspecified atom stereocenters. The Morgan fingerprint density at radius 2 is 1.97 bits per heavy atom. The summed E-state index contributed by atoms with van der Waals surface area (Å²) < 4.78 is 46.5. The third kappa shape index (κ3) is 4.53. The van der Waals surface area contributed by atoms with Gasteiger partial charge in [0.1, 0.15) is 34.8 Å². The number of nitrogen functional groups attached to an aromatic ring is 1. The van der Waals surface area contributed by atoms with Crippen molar-refractivity contribution in [1.82, 2.24) is 24.7 Å². The standard InChI is InChI=1S/C23H20F3N7O2/c24-23(25,26)15-5-6-29-17(11-15)31-22(34)14-3-1-13(2-4-14)18-19-20(27)30-7-9-33(19)21(32-18)16-12-28-8-10-35-16/h1-7,9,11,16,28H,8,10,12H2,(H2,27,30)(H,29,31,34)/t16-/m0/s1. The molecule has 1 aromatic carbocycles. The number of halogens is 3. The number of carbonyl (C=O) groups excluding carboxylic acids is 1. The van der Waals surface area contributed by atoms with Crippen LogP contribution < -0.4 is 16.4 Å². The van der Waals surface area contributed by atoms with E-state index in [1.54, 1.807) is 36.7 Å². The summed E-state index contributed by atoms with van der Waals surface area (Å²) in [5.41, 5.74) is 7.38. The van der Waals surface area contributed by atoms with E-state index in [1.807, 2.05) is 4.40 Å². The van der Waals surface area contributed by atoms with Crippen LogP contribution in [0.15, 0.2) is 55.0 Å². The van der Waals surface area contributed by atoms with Crippen molar-refractivity contribution < 1.29 is 22.7 Å². The Labute approximate surface area is 197 Å². The fourth-order valence-electron chi connectivity index (χ4n) is 3.89. The van der Waals surface area contributed by atoms with Crippen LogP contribution in [0.5, 0.6) is 0 Å². The zero-order chi connectivity index (χ0) is 24.6. The van der Waals surface area contributed by atoms with Crippen LogP contribution in [-0.4, -0.2) is 45.0 Å². The quantitative estimate of drug-likeness (QED) is 0.407. The maximum absolute atomic E-state index is 12.9. The van der Waals surface area contributed by atoms with Gasteiger partial charge in [0.25, 0.3) is 5.91 Å². The average Bonchev–Trinajstić information content (AvgIpc) is 3.25. The molecule has 1 amide bonds. The van der Waals surface area contributed by atoms with Crippen molar-refractivity contribution in [3.8, 4) is 11.3 Å². The molecular formula is C23H20F3N7O2. The minimum Gasteiger partial charge on any atom is -0.382 e. The smallest absolute Gasteiger partial charge is 0.382 e. The summed E-state index contributed by atoms with van der Waals surface area (Å²) >= 11 is 0. The van der Waals surface area contributed by atoms with Crippen LogP contribution in [0.3, 0.4) is 0 Å². The second kappa shape index (κ2) is 8.96. The Morgan fingerprint density at radius 1 is 1.17 bits per heavy atom. The molecule has 1 aliphatic rings. The first kappa shape index (κ1) is 22.7. The van der Waals surface area contributed by atoms with E-state index in [1.165, 1.54) is 0 Å². The average molecular weight is 483 g/mol. The lowest BCUT2D eigenvalue weighted by Gasteiger charge is -2.22. The molecule has 4 heterocycles. The lowest BCUT2D eigenvalue weighted by molar-refractivity contribution is -0.137. The number of aromatic nitrogens is 4. The highest BCUT2D eigenvalue weighted by Gasteiger charge is 2.31. The SMILES string of the molecule is Nc1nccn2c([C@@H]3CNCCO3)nc(-c3ccc(C(=O)Nc4cc(C(F)(F)F)ccn4)cc3)c12. The van der Waals surface area contributed by atoms with Gasteiger partial charge in [-0.25, -0.2) is 15.0 Å². The second-order valence-electron chi connectivity index (χ2n) is 7.87. The molecule has 0 saturated carbocycles. The number of ether oxygens (including phenoxy) is 1. The maximum Gasteiger partial charge on any atom is 0.416 e. The summed E-state index contributed by atoms with van der Waals surface area (Å²) in [7, 11) is 0. The number of morpholine rings is 1. The van der Waals surface area contributed by atoms with Crippen LogP contribution in [0.25, 0.3) is 16.8 Å². The number of fused-ring (bicyclic) bond motifs is 1. The molecule has 4 N–H and O–H groups in total. The molecule has 0 spiro atoms. The van der Waals surface area contributed by atoms with E-state index in [2.05, 4.69) is 20.6 Å². The van der Waals surface area contributed by atoms with E-state index in [0.717, 1.165) is 24.9 Å². The van der Waals surface area contributed by atoms with Crippen molar-refractivity contribution in [2.75, 3.05) is 30.7 Å². The Hall–Kier alpha value is -4.03. The minimum atomic E-state index is -4.54. The summed E-state index contributed by atoms with van der Waals surface area (Å²) in [5.74, 6) is 0.177. The number of imidazole rings is 1. The van der Waals surface area contributed by atoms with Gasteiger partial charge in [0.05, 0.1) is 12.2 Å². The number of carbonyl (C=O) groups is 1. The third-order valence-corrected chi connectivity index (χ3v) is 5.58. The van der Waals surface area contributed by atoms with Crippen molar-refractivity contribution in [1.29, 1.82) is 0 Å². The predicted octanol–water partition coefficient (Wildman–Crippen LogP) is 3.31. The maximum atomic E-state index is 12.9. The number of nitrogens with zero attached hydrogens (tertiary/aromatic N) is 4. The topological polar surface area (TPSA) is 119 Å². The van der Waals surface area contributed by atoms with E-state index in [-0.39, 0.29) is 17.5 Å². The number of nitrogens with one attached hydrogen (secondary N) is 2. The lowest BCUT2D eigenvalue weighted by Crippen LogP contribution is -2.34. The molecule has 1 saturated heterocycles. The first-order valence-electron chi connectivity index (χ1n) is 10.7. The zero-order valence-corrected chi connectivity index (χ0v) is 18.2. The molecule has 12 heteroatoms. The van der Waals surface area contributed by atoms with Gasteiger partial charge in [-0.15, -0.1) is 0 Å². The number of rotatable bonds is 4. The van der Waals surface area contributed by atoms with Gasteiger partial charge in [-0.1, -0.05) is 12.1 Å². The molecule has 3 aromatic heterocycles. The Morgan fingerprint density at radius 3 is 2.69 bits per heavy atom. The van der Waals surface area contributed by atoms with Gasteiger partial charge in [0, 0.05) is 42.8 Å².